The molecule has 0 unspecified atom stereocenters. The average molecular weight is 390 g/mol. The van der Waals surface area contributed by atoms with Crippen LogP contribution in [0.4, 0.5) is 15.9 Å². The smallest absolute Gasteiger partial charge is 0.293 e. The summed E-state index contributed by atoms with van der Waals surface area (Å²) in [5.74, 6) is -0.237. The van der Waals surface area contributed by atoms with Gasteiger partial charge in [-0.05, 0) is 49.6 Å². The molecule has 1 fully saturated rings. The third-order valence-electron chi connectivity index (χ3n) is 5.14. The Morgan fingerprint density at radius 2 is 1.86 bits per heavy atom. The molecule has 1 amide bonds. The lowest BCUT2D eigenvalue weighted by Gasteiger charge is -2.27. The normalized spacial score (nSPS) is 14.4. The Hall–Kier alpha value is -3.48. The van der Waals surface area contributed by atoms with Crippen LogP contribution >= 0.6 is 0 Å². The Bertz CT molecular complexity index is 1210. The van der Waals surface area contributed by atoms with Crippen molar-refractivity contribution in [3.05, 3.63) is 60.2 Å². The number of carbonyl (C=O) groups is 1. The average Bonchev–Trinajstić information content (AvgIpc) is 3.12. The first-order chi connectivity index (χ1) is 14.2. The number of nitrogens with zero attached hydrogens (tertiary/aromatic N) is 3. The number of anilines is 2. The molecule has 0 bridgehead atoms. The molecule has 0 radical (unpaired) electrons. The van der Waals surface area contributed by atoms with Gasteiger partial charge in [0.15, 0.2) is 11.4 Å². The van der Waals surface area contributed by atoms with Crippen molar-refractivity contribution >= 4 is 39.5 Å². The van der Waals surface area contributed by atoms with Crippen molar-refractivity contribution in [3.63, 3.8) is 0 Å². The van der Waals surface area contributed by atoms with Crippen molar-refractivity contribution in [1.29, 1.82) is 0 Å². The summed E-state index contributed by atoms with van der Waals surface area (Å²) in [7, 11) is 0. The molecular weight excluding hydrogens is 371 g/mol. The highest BCUT2D eigenvalue weighted by Gasteiger charge is 2.23. The molecule has 1 saturated heterocycles. The predicted octanol–water partition coefficient (Wildman–Crippen LogP) is 4.76. The van der Waals surface area contributed by atoms with Crippen LogP contribution in [0.5, 0.6) is 0 Å². The first-order valence-electron chi connectivity index (χ1n) is 9.70. The number of piperidine rings is 1. The highest BCUT2D eigenvalue weighted by molar-refractivity contribution is 6.09. The van der Waals surface area contributed by atoms with Gasteiger partial charge < -0.3 is 14.6 Å². The van der Waals surface area contributed by atoms with E-state index in [9.17, 15) is 9.18 Å². The molecule has 2 aromatic heterocycles. The summed E-state index contributed by atoms with van der Waals surface area (Å²) < 4.78 is 19.5. The van der Waals surface area contributed by atoms with Gasteiger partial charge >= 0.3 is 0 Å². The number of rotatable bonds is 3. The van der Waals surface area contributed by atoms with E-state index in [1.165, 1.54) is 24.6 Å². The van der Waals surface area contributed by atoms with Crippen molar-refractivity contribution in [2.24, 2.45) is 0 Å². The molecule has 7 heteroatoms. The van der Waals surface area contributed by atoms with Gasteiger partial charge in [-0.2, -0.15) is 0 Å². The second-order valence-corrected chi connectivity index (χ2v) is 7.16. The van der Waals surface area contributed by atoms with E-state index in [2.05, 4.69) is 20.2 Å². The number of para-hydroxylation sites is 1. The summed E-state index contributed by atoms with van der Waals surface area (Å²) in [6, 6.07) is 13.4. The van der Waals surface area contributed by atoms with E-state index in [0.29, 0.717) is 28.2 Å². The lowest BCUT2D eigenvalue weighted by atomic mass is 10.1. The van der Waals surface area contributed by atoms with Gasteiger partial charge in [0.05, 0.1) is 0 Å². The fourth-order valence-electron chi connectivity index (χ4n) is 3.75. The van der Waals surface area contributed by atoms with Crippen LogP contribution in [0.2, 0.25) is 0 Å². The third kappa shape index (κ3) is 3.29. The molecule has 6 nitrogen and oxygen atoms in total. The fraction of sp³-hybridized carbons (Fsp3) is 0.227. The topological polar surface area (TPSA) is 71.3 Å². The molecule has 1 aliphatic heterocycles. The quantitative estimate of drug-likeness (QED) is 0.546. The minimum Gasteiger partial charge on any atom is -0.450 e. The van der Waals surface area contributed by atoms with Crippen molar-refractivity contribution in [3.8, 4) is 0 Å². The van der Waals surface area contributed by atoms with E-state index in [0.717, 1.165) is 31.3 Å². The maximum atomic E-state index is 13.5. The second-order valence-electron chi connectivity index (χ2n) is 7.16. The molecule has 0 aliphatic carbocycles. The molecule has 5 rings (SSSR count). The van der Waals surface area contributed by atoms with Crippen molar-refractivity contribution in [2.45, 2.75) is 19.3 Å². The first kappa shape index (κ1) is 17.6. The number of furan rings is 1. The first-order valence-corrected chi connectivity index (χ1v) is 9.70. The standard InChI is InChI=1S/C22H19FN4O2/c23-14-7-6-8-15(13-14)24-22(28)20-25-18-16-9-2-3-10-17(16)29-19(18)21(26-20)27-11-4-1-5-12-27/h2-3,6-10,13H,1,4-5,11-12H2,(H,24,28). The second kappa shape index (κ2) is 7.16. The summed E-state index contributed by atoms with van der Waals surface area (Å²) >= 11 is 0. The van der Waals surface area contributed by atoms with E-state index < -0.39 is 11.7 Å². The third-order valence-corrected chi connectivity index (χ3v) is 5.14. The van der Waals surface area contributed by atoms with Gasteiger partial charge in [-0.3, -0.25) is 4.79 Å². The van der Waals surface area contributed by atoms with Crippen LogP contribution in [0.3, 0.4) is 0 Å². The summed E-state index contributed by atoms with van der Waals surface area (Å²) in [6.07, 6.45) is 3.31. The molecule has 2 aromatic carbocycles. The summed E-state index contributed by atoms with van der Waals surface area (Å²) in [5, 5.41) is 3.52. The van der Waals surface area contributed by atoms with E-state index in [1.807, 2.05) is 24.3 Å². The minimum atomic E-state index is -0.485. The molecule has 29 heavy (non-hydrogen) atoms. The SMILES string of the molecule is O=C(Nc1cccc(F)c1)c1nc(N2CCCCC2)c2oc3ccccc3c2n1. The zero-order chi connectivity index (χ0) is 19.8. The molecule has 3 heterocycles. The number of benzene rings is 2. The lowest BCUT2D eigenvalue weighted by molar-refractivity contribution is 0.101. The summed E-state index contributed by atoms with van der Waals surface area (Å²) in [5.41, 5.74) is 2.27. The highest BCUT2D eigenvalue weighted by Crippen LogP contribution is 2.34. The molecule has 146 valence electrons. The van der Waals surface area contributed by atoms with Gasteiger partial charge in [-0.15, -0.1) is 0 Å². The minimum absolute atomic E-state index is 0.0360. The van der Waals surface area contributed by atoms with Crippen molar-refractivity contribution < 1.29 is 13.6 Å². The van der Waals surface area contributed by atoms with Gasteiger partial charge in [0.1, 0.15) is 16.9 Å². The molecule has 0 atom stereocenters. The van der Waals surface area contributed by atoms with Gasteiger partial charge in [0, 0.05) is 24.2 Å². The number of hydrogen-bond donors (Lipinski definition) is 1. The van der Waals surface area contributed by atoms with Gasteiger partial charge in [-0.25, -0.2) is 14.4 Å². The number of aromatic nitrogens is 2. The van der Waals surface area contributed by atoms with Gasteiger partial charge in [-0.1, -0.05) is 18.2 Å². The molecule has 0 spiro atoms. The van der Waals surface area contributed by atoms with Crippen LogP contribution in [0.15, 0.2) is 52.9 Å². The largest absolute Gasteiger partial charge is 0.450 e. The Morgan fingerprint density at radius 1 is 1.03 bits per heavy atom. The number of amides is 1. The van der Waals surface area contributed by atoms with Crippen LogP contribution in [-0.4, -0.2) is 29.0 Å². The van der Waals surface area contributed by atoms with Crippen LogP contribution in [0, 0.1) is 5.82 Å². The van der Waals surface area contributed by atoms with E-state index >= 15 is 0 Å². The fourth-order valence-corrected chi connectivity index (χ4v) is 3.75. The van der Waals surface area contributed by atoms with Gasteiger partial charge in [0.25, 0.3) is 5.91 Å². The molecule has 1 N–H and O–H groups in total. The van der Waals surface area contributed by atoms with Crippen LogP contribution in [0.25, 0.3) is 22.1 Å². The van der Waals surface area contributed by atoms with Crippen LogP contribution in [-0.2, 0) is 0 Å². The molecular formula is C22H19FN4O2. The maximum absolute atomic E-state index is 13.5. The van der Waals surface area contributed by atoms with E-state index in [4.69, 9.17) is 4.42 Å². The number of halogens is 1. The number of fused-ring (bicyclic) bond motifs is 3. The number of carbonyl (C=O) groups excluding carboxylic acids is 1. The molecule has 1 aliphatic rings. The monoisotopic (exact) mass is 390 g/mol. The van der Waals surface area contributed by atoms with Gasteiger partial charge in [0.2, 0.25) is 5.82 Å². The molecule has 4 aromatic rings. The zero-order valence-corrected chi connectivity index (χ0v) is 15.7. The zero-order valence-electron chi connectivity index (χ0n) is 15.7. The van der Waals surface area contributed by atoms with E-state index in [1.54, 1.807) is 6.07 Å². The van der Waals surface area contributed by atoms with E-state index in [-0.39, 0.29) is 5.82 Å². The van der Waals surface area contributed by atoms with Crippen molar-refractivity contribution in [1.82, 2.24) is 9.97 Å². The number of nitrogens with one attached hydrogen (secondary N) is 1. The summed E-state index contributed by atoms with van der Waals surface area (Å²) in [4.78, 5) is 24.1. The number of hydrogen-bond acceptors (Lipinski definition) is 5. The van der Waals surface area contributed by atoms with Crippen LogP contribution in [0.1, 0.15) is 29.9 Å². The highest BCUT2D eigenvalue weighted by atomic mass is 19.1. The summed E-state index contributed by atoms with van der Waals surface area (Å²) in [6.45, 7) is 1.71. The predicted molar refractivity (Wildman–Crippen MR) is 110 cm³/mol. The Balaban J connectivity index is 1.63. The molecule has 0 saturated carbocycles. The Kier molecular flexibility index (Phi) is 4.35. The Morgan fingerprint density at radius 3 is 2.69 bits per heavy atom. The van der Waals surface area contributed by atoms with Crippen molar-refractivity contribution in [2.75, 3.05) is 23.3 Å². The Labute approximate surface area is 166 Å². The van der Waals surface area contributed by atoms with Crippen LogP contribution < -0.4 is 10.2 Å². The maximum Gasteiger partial charge on any atom is 0.293 e. The lowest BCUT2D eigenvalue weighted by Crippen LogP contribution is -2.31.